The van der Waals surface area contributed by atoms with E-state index in [0.717, 1.165) is 36.0 Å². The zero-order valence-corrected chi connectivity index (χ0v) is 13.4. The number of urea groups is 1. The third-order valence-electron chi connectivity index (χ3n) is 4.19. The molecule has 23 heavy (non-hydrogen) atoms. The summed E-state index contributed by atoms with van der Waals surface area (Å²) in [5, 5.41) is 13.1. The molecule has 0 radical (unpaired) electrons. The second-order valence-corrected chi connectivity index (χ2v) is 6.66. The second kappa shape index (κ2) is 6.00. The van der Waals surface area contributed by atoms with E-state index in [1.807, 2.05) is 23.4 Å². The molecular formula is C16H17N5OS. The minimum atomic E-state index is -0.000466. The van der Waals surface area contributed by atoms with Gasteiger partial charge in [0.15, 0.2) is 5.65 Å². The van der Waals surface area contributed by atoms with E-state index in [4.69, 9.17) is 0 Å². The van der Waals surface area contributed by atoms with E-state index in [0.29, 0.717) is 13.1 Å². The number of amides is 2. The average molecular weight is 327 g/mol. The van der Waals surface area contributed by atoms with Crippen molar-refractivity contribution in [2.45, 2.75) is 19.4 Å². The molecule has 2 N–H and O–H groups in total. The maximum atomic E-state index is 12.3. The maximum Gasteiger partial charge on any atom is 0.317 e. The summed E-state index contributed by atoms with van der Waals surface area (Å²) in [6.45, 7) is 2.00. The number of aromatic amines is 1. The van der Waals surface area contributed by atoms with Gasteiger partial charge in [0, 0.05) is 36.1 Å². The number of H-pyrrole nitrogens is 1. The lowest BCUT2D eigenvalue weighted by atomic mass is 9.99. The van der Waals surface area contributed by atoms with Gasteiger partial charge in [-0.25, -0.2) is 9.78 Å². The molecule has 6 nitrogen and oxygen atoms in total. The van der Waals surface area contributed by atoms with Crippen molar-refractivity contribution in [1.29, 1.82) is 0 Å². The van der Waals surface area contributed by atoms with Crippen LogP contribution in [-0.2, 0) is 19.4 Å². The lowest BCUT2D eigenvalue weighted by molar-refractivity contribution is 0.192. The van der Waals surface area contributed by atoms with Gasteiger partial charge in [0.2, 0.25) is 0 Å². The first-order valence-electron chi connectivity index (χ1n) is 7.66. The van der Waals surface area contributed by atoms with Crippen molar-refractivity contribution >= 4 is 28.4 Å². The molecule has 0 fully saturated rings. The number of fused-ring (bicyclic) bond motifs is 3. The van der Waals surface area contributed by atoms with E-state index in [9.17, 15) is 4.79 Å². The monoisotopic (exact) mass is 327 g/mol. The van der Waals surface area contributed by atoms with Crippen molar-refractivity contribution in [3.63, 3.8) is 0 Å². The van der Waals surface area contributed by atoms with E-state index in [-0.39, 0.29) is 6.03 Å². The van der Waals surface area contributed by atoms with Gasteiger partial charge in [-0.2, -0.15) is 5.10 Å². The van der Waals surface area contributed by atoms with Gasteiger partial charge in [-0.3, -0.25) is 5.10 Å². The van der Waals surface area contributed by atoms with Crippen LogP contribution in [0.1, 0.15) is 16.0 Å². The van der Waals surface area contributed by atoms with Gasteiger partial charge in [0.25, 0.3) is 0 Å². The number of nitrogens with zero attached hydrogens (tertiary/aromatic N) is 3. The van der Waals surface area contributed by atoms with Crippen LogP contribution >= 0.6 is 11.3 Å². The normalized spacial score (nSPS) is 14.0. The third-order valence-corrected chi connectivity index (χ3v) is 5.13. The lowest BCUT2D eigenvalue weighted by Gasteiger charge is -2.29. The molecule has 0 aliphatic carbocycles. The molecule has 0 unspecified atom stereocenters. The summed E-state index contributed by atoms with van der Waals surface area (Å²) in [5.74, 6) is 0. The summed E-state index contributed by atoms with van der Waals surface area (Å²) >= 11 is 1.72. The van der Waals surface area contributed by atoms with Gasteiger partial charge in [-0.05, 0) is 35.4 Å². The average Bonchev–Trinajstić information content (AvgIpc) is 3.25. The zero-order valence-electron chi connectivity index (χ0n) is 12.6. The topological polar surface area (TPSA) is 73.9 Å². The van der Waals surface area contributed by atoms with Gasteiger partial charge >= 0.3 is 6.03 Å². The first-order valence-corrected chi connectivity index (χ1v) is 8.54. The summed E-state index contributed by atoms with van der Waals surface area (Å²) in [7, 11) is 0. The molecule has 0 saturated carbocycles. The minimum absolute atomic E-state index is 0.000466. The standard InChI is InChI=1S/C16H17N5OS/c22-16(17-5-3-12-2-1-7-23-12)21-6-4-13-11(10-21)8-18-15-14(13)9-19-20-15/h1-2,7-9H,3-6,10H2,(H,17,22)(H,18,19,20). The Morgan fingerprint density at radius 2 is 2.39 bits per heavy atom. The predicted octanol–water partition coefficient (Wildman–Crippen LogP) is 2.33. The maximum absolute atomic E-state index is 12.3. The Hall–Kier alpha value is -2.41. The molecule has 0 atom stereocenters. The van der Waals surface area contributed by atoms with Gasteiger partial charge in [-0.1, -0.05) is 6.07 Å². The van der Waals surface area contributed by atoms with E-state index in [1.165, 1.54) is 10.4 Å². The van der Waals surface area contributed by atoms with Crippen molar-refractivity contribution in [2.75, 3.05) is 13.1 Å². The van der Waals surface area contributed by atoms with E-state index in [2.05, 4.69) is 31.9 Å². The fourth-order valence-electron chi connectivity index (χ4n) is 2.99. The highest BCUT2D eigenvalue weighted by Gasteiger charge is 2.22. The molecule has 1 aliphatic heterocycles. The van der Waals surface area contributed by atoms with Crippen LogP contribution in [0.15, 0.2) is 29.9 Å². The Morgan fingerprint density at radius 1 is 1.43 bits per heavy atom. The molecule has 3 aromatic rings. The number of hydrogen-bond acceptors (Lipinski definition) is 4. The lowest BCUT2D eigenvalue weighted by Crippen LogP contribution is -2.43. The number of thiophene rings is 1. The van der Waals surface area contributed by atoms with Gasteiger partial charge in [-0.15, -0.1) is 11.3 Å². The van der Waals surface area contributed by atoms with Crippen molar-refractivity contribution in [2.24, 2.45) is 0 Å². The Bertz CT molecular complexity index is 826. The highest BCUT2D eigenvalue weighted by Crippen LogP contribution is 2.24. The first kappa shape index (κ1) is 14.2. The van der Waals surface area contributed by atoms with Crippen LogP contribution < -0.4 is 5.32 Å². The van der Waals surface area contributed by atoms with Crippen molar-refractivity contribution in [3.8, 4) is 0 Å². The smallest absolute Gasteiger partial charge is 0.317 e. The number of rotatable bonds is 3. The molecule has 1 aliphatic rings. The zero-order chi connectivity index (χ0) is 15.6. The first-order chi connectivity index (χ1) is 11.3. The summed E-state index contributed by atoms with van der Waals surface area (Å²) in [6, 6.07) is 4.13. The highest BCUT2D eigenvalue weighted by molar-refractivity contribution is 7.09. The van der Waals surface area contributed by atoms with Crippen molar-refractivity contribution < 1.29 is 4.79 Å². The summed E-state index contributed by atoms with van der Waals surface area (Å²) in [4.78, 5) is 19.8. The number of carbonyl (C=O) groups is 1. The Morgan fingerprint density at radius 3 is 3.26 bits per heavy atom. The molecule has 118 valence electrons. The van der Waals surface area contributed by atoms with Gasteiger partial charge in [0.05, 0.1) is 6.20 Å². The third kappa shape index (κ3) is 2.79. The fraction of sp³-hybridized carbons (Fsp3) is 0.312. The summed E-state index contributed by atoms with van der Waals surface area (Å²) in [6.07, 6.45) is 5.39. The van der Waals surface area contributed by atoms with Crippen LogP contribution in [0.25, 0.3) is 11.0 Å². The quantitative estimate of drug-likeness (QED) is 0.775. The second-order valence-electron chi connectivity index (χ2n) is 5.63. The van der Waals surface area contributed by atoms with Crippen LogP contribution in [0.5, 0.6) is 0 Å². The molecule has 2 amide bonds. The Labute approximate surface area is 137 Å². The Kier molecular flexibility index (Phi) is 3.70. The molecule has 0 aromatic carbocycles. The van der Waals surface area contributed by atoms with Gasteiger partial charge in [0.1, 0.15) is 0 Å². The molecule has 0 bridgehead atoms. The fourth-order valence-corrected chi connectivity index (χ4v) is 3.70. The molecule has 4 rings (SSSR count). The molecule has 7 heteroatoms. The van der Waals surface area contributed by atoms with Crippen molar-refractivity contribution in [3.05, 3.63) is 45.9 Å². The molecule has 0 saturated heterocycles. The molecule has 3 aromatic heterocycles. The summed E-state index contributed by atoms with van der Waals surface area (Å²) in [5.41, 5.74) is 3.18. The summed E-state index contributed by atoms with van der Waals surface area (Å²) < 4.78 is 0. The molecule has 4 heterocycles. The van der Waals surface area contributed by atoms with Crippen LogP contribution in [0.3, 0.4) is 0 Å². The number of hydrogen-bond donors (Lipinski definition) is 2. The Balaban J connectivity index is 1.40. The van der Waals surface area contributed by atoms with E-state index >= 15 is 0 Å². The van der Waals surface area contributed by atoms with E-state index < -0.39 is 0 Å². The minimum Gasteiger partial charge on any atom is -0.338 e. The SMILES string of the molecule is O=C(NCCc1cccs1)N1CCc2c(cnc3[nH]ncc23)C1. The van der Waals surface area contributed by atoms with Crippen molar-refractivity contribution in [1.82, 2.24) is 25.4 Å². The van der Waals surface area contributed by atoms with E-state index in [1.54, 1.807) is 11.3 Å². The van der Waals surface area contributed by atoms with Crippen LogP contribution in [0.4, 0.5) is 4.79 Å². The van der Waals surface area contributed by atoms with Crippen LogP contribution in [0.2, 0.25) is 0 Å². The number of aromatic nitrogens is 3. The number of carbonyl (C=O) groups excluding carboxylic acids is 1. The van der Waals surface area contributed by atoms with Crippen LogP contribution in [0, 0.1) is 0 Å². The molecule has 0 spiro atoms. The van der Waals surface area contributed by atoms with Crippen LogP contribution in [-0.4, -0.2) is 39.2 Å². The molecular weight excluding hydrogens is 310 g/mol. The van der Waals surface area contributed by atoms with Gasteiger partial charge < -0.3 is 10.2 Å². The largest absolute Gasteiger partial charge is 0.338 e. The number of nitrogens with one attached hydrogen (secondary N) is 2. The highest BCUT2D eigenvalue weighted by atomic mass is 32.1. The number of pyridine rings is 1. The predicted molar refractivity (Wildman–Crippen MR) is 89.4 cm³/mol.